The molecule has 0 saturated carbocycles. The molecule has 0 spiro atoms. The maximum Gasteiger partial charge on any atom is 0.280 e. The third kappa shape index (κ3) is 4.51. The number of hydrogen-bond donors (Lipinski definition) is 1. The summed E-state index contributed by atoms with van der Waals surface area (Å²) in [6.07, 6.45) is 3.35. The number of nitrogens with one attached hydrogen (secondary N) is 1. The van der Waals surface area contributed by atoms with Crippen LogP contribution in [-0.2, 0) is 6.54 Å². The van der Waals surface area contributed by atoms with Crippen LogP contribution in [0.4, 0.5) is 5.69 Å². The molecule has 0 unspecified atom stereocenters. The number of nitro benzene ring substituents is 1. The van der Waals surface area contributed by atoms with Crippen molar-refractivity contribution in [2.75, 3.05) is 0 Å². The predicted octanol–water partition coefficient (Wildman–Crippen LogP) is 4.79. The first-order chi connectivity index (χ1) is 15.0. The van der Waals surface area contributed by atoms with E-state index in [1.54, 1.807) is 42.7 Å². The summed E-state index contributed by atoms with van der Waals surface area (Å²) in [4.78, 5) is 19.4. The van der Waals surface area contributed by atoms with Crippen LogP contribution in [0.1, 0.15) is 31.5 Å². The highest BCUT2D eigenvalue weighted by molar-refractivity contribution is 5.69. The van der Waals surface area contributed by atoms with Crippen LogP contribution < -0.4 is 5.32 Å². The topological polar surface area (TPSA) is 120 Å². The number of pyridine rings is 1. The van der Waals surface area contributed by atoms with Crippen LogP contribution >= 0.6 is 0 Å². The second-order valence-electron chi connectivity index (χ2n) is 7.33. The number of rotatable bonds is 8. The van der Waals surface area contributed by atoms with Gasteiger partial charge in [-0.3, -0.25) is 20.4 Å². The van der Waals surface area contributed by atoms with Gasteiger partial charge < -0.3 is 8.94 Å². The summed E-state index contributed by atoms with van der Waals surface area (Å²) in [5.41, 5.74) is 1.27. The number of furan rings is 1. The third-order valence-electron chi connectivity index (χ3n) is 4.84. The molecule has 3 aromatic heterocycles. The molecule has 4 aromatic rings. The highest BCUT2D eigenvalue weighted by Gasteiger charge is 2.23. The summed E-state index contributed by atoms with van der Waals surface area (Å²) in [5.74, 6) is 2.25. The minimum atomic E-state index is -0.416. The van der Waals surface area contributed by atoms with E-state index in [4.69, 9.17) is 8.94 Å². The number of nitrogens with zero attached hydrogens (tertiary/aromatic N) is 4. The molecule has 0 aliphatic heterocycles. The van der Waals surface area contributed by atoms with Gasteiger partial charge in [-0.15, -0.1) is 0 Å². The average Bonchev–Trinajstić information content (AvgIpc) is 3.44. The van der Waals surface area contributed by atoms with Gasteiger partial charge in [0.05, 0.1) is 23.1 Å². The van der Waals surface area contributed by atoms with E-state index in [9.17, 15) is 10.1 Å². The van der Waals surface area contributed by atoms with Gasteiger partial charge in [0.25, 0.3) is 5.69 Å². The Morgan fingerprint density at radius 1 is 1.10 bits per heavy atom. The van der Waals surface area contributed by atoms with E-state index < -0.39 is 4.92 Å². The Kier molecular flexibility index (Phi) is 5.85. The number of nitro groups is 1. The van der Waals surface area contributed by atoms with E-state index in [0.29, 0.717) is 35.3 Å². The molecular formula is C22H21N5O4. The fourth-order valence-electron chi connectivity index (χ4n) is 3.26. The molecule has 4 rings (SSSR count). The Hall–Kier alpha value is -3.85. The summed E-state index contributed by atoms with van der Waals surface area (Å²) in [6, 6.07) is 13.5. The minimum Gasteiger partial charge on any atom is -0.459 e. The summed E-state index contributed by atoms with van der Waals surface area (Å²) in [7, 11) is 0. The molecule has 0 amide bonds. The Morgan fingerprint density at radius 2 is 1.87 bits per heavy atom. The first kappa shape index (κ1) is 20.4. The average molecular weight is 419 g/mol. The van der Waals surface area contributed by atoms with Crippen molar-refractivity contribution in [2.45, 2.75) is 26.4 Å². The van der Waals surface area contributed by atoms with Gasteiger partial charge in [0.1, 0.15) is 11.5 Å². The van der Waals surface area contributed by atoms with Crippen LogP contribution in [0.25, 0.3) is 22.7 Å². The van der Waals surface area contributed by atoms with Crippen LogP contribution in [0, 0.1) is 16.0 Å². The molecule has 0 bridgehead atoms. The molecule has 3 heterocycles. The SMILES string of the molecule is CC(C)[C@@H](NCc1ccc(-c2ccccc2[N+](=O)[O-])o1)c1nc(-c2ccncc2)no1. The van der Waals surface area contributed by atoms with Crippen molar-refractivity contribution in [1.29, 1.82) is 0 Å². The maximum atomic E-state index is 11.3. The minimum absolute atomic E-state index is 0.00548. The molecule has 0 saturated heterocycles. The lowest BCUT2D eigenvalue weighted by Gasteiger charge is -2.17. The molecule has 31 heavy (non-hydrogen) atoms. The molecule has 0 aliphatic carbocycles. The van der Waals surface area contributed by atoms with Gasteiger partial charge in [-0.25, -0.2) is 0 Å². The number of para-hydroxylation sites is 1. The largest absolute Gasteiger partial charge is 0.459 e. The molecule has 1 N–H and O–H groups in total. The quantitative estimate of drug-likeness (QED) is 0.320. The van der Waals surface area contributed by atoms with E-state index in [1.165, 1.54) is 6.07 Å². The Labute approximate surface area is 178 Å². The van der Waals surface area contributed by atoms with E-state index in [2.05, 4.69) is 34.3 Å². The molecule has 0 radical (unpaired) electrons. The maximum absolute atomic E-state index is 11.3. The van der Waals surface area contributed by atoms with Crippen LogP contribution in [0.3, 0.4) is 0 Å². The summed E-state index contributed by atoms with van der Waals surface area (Å²) in [6.45, 7) is 4.50. The van der Waals surface area contributed by atoms with Gasteiger partial charge in [-0.1, -0.05) is 31.1 Å². The Bertz CT molecular complexity index is 1170. The molecule has 0 aliphatic rings. The van der Waals surface area contributed by atoms with Gasteiger partial charge >= 0.3 is 0 Å². The molecule has 9 heteroatoms. The Balaban J connectivity index is 1.49. The van der Waals surface area contributed by atoms with Gasteiger partial charge in [0.2, 0.25) is 11.7 Å². The number of hydrogen-bond acceptors (Lipinski definition) is 8. The zero-order valence-corrected chi connectivity index (χ0v) is 17.1. The summed E-state index contributed by atoms with van der Waals surface area (Å²) >= 11 is 0. The normalized spacial score (nSPS) is 12.2. The number of benzene rings is 1. The van der Waals surface area contributed by atoms with Crippen molar-refractivity contribution in [3.63, 3.8) is 0 Å². The van der Waals surface area contributed by atoms with Crippen molar-refractivity contribution >= 4 is 5.69 Å². The van der Waals surface area contributed by atoms with E-state index in [0.717, 1.165) is 5.56 Å². The lowest BCUT2D eigenvalue weighted by atomic mass is 10.0. The van der Waals surface area contributed by atoms with E-state index >= 15 is 0 Å². The second kappa shape index (κ2) is 8.88. The summed E-state index contributed by atoms with van der Waals surface area (Å²) in [5, 5.41) is 18.7. The standard InChI is InChI=1S/C22H21N5O4/c1-14(2)20(22-25-21(26-31-22)15-9-11-23-12-10-15)24-13-16-7-8-19(30-16)17-5-3-4-6-18(17)27(28)29/h3-12,14,20,24H,13H2,1-2H3/t20-/m1/s1. The molecule has 9 nitrogen and oxygen atoms in total. The van der Waals surface area contributed by atoms with Crippen molar-refractivity contribution in [1.82, 2.24) is 20.4 Å². The van der Waals surface area contributed by atoms with Crippen LogP contribution in [0.5, 0.6) is 0 Å². The van der Waals surface area contributed by atoms with Crippen molar-refractivity contribution < 1.29 is 13.9 Å². The first-order valence-corrected chi connectivity index (χ1v) is 9.83. The van der Waals surface area contributed by atoms with Crippen molar-refractivity contribution in [3.05, 3.63) is 82.7 Å². The van der Waals surface area contributed by atoms with Gasteiger partial charge in [0, 0.05) is 24.0 Å². The number of aromatic nitrogens is 3. The van der Waals surface area contributed by atoms with E-state index in [1.807, 2.05) is 12.1 Å². The fourth-order valence-corrected chi connectivity index (χ4v) is 3.26. The first-order valence-electron chi connectivity index (χ1n) is 9.83. The second-order valence-corrected chi connectivity index (χ2v) is 7.33. The third-order valence-corrected chi connectivity index (χ3v) is 4.84. The zero-order chi connectivity index (χ0) is 21.8. The van der Waals surface area contributed by atoms with Crippen molar-refractivity contribution in [2.24, 2.45) is 5.92 Å². The molecule has 0 fully saturated rings. The smallest absolute Gasteiger partial charge is 0.280 e. The highest BCUT2D eigenvalue weighted by atomic mass is 16.6. The highest BCUT2D eigenvalue weighted by Crippen LogP contribution is 2.31. The molecule has 1 atom stereocenters. The molecule has 1 aromatic carbocycles. The van der Waals surface area contributed by atoms with Crippen LogP contribution in [0.15, 0.2) is 69.9 Å². The van der Waals surface area contributed by atoms with Gasteiger partial charge in [-0.2, -0.15) is 4.98 Å². The lowest BCUT2D eigenvalue weighted by Crippen LogP contribution is -2.25. The van der Waals surface area contributed by atoms with Gasteiger partial charge in [0.15, 0.2) is 0 Å². The molecular weight excluding hydrogens is 398 g/mol. The van der Waals surface area contributed by atoms with Gasteiger partial charge in [-0.05, 0) is 36.2 Å². The lowest BCUT2D eigenvalue weighted by molar-refractivity contribution is -0.384. The fraction of sp³-hybridized carbons (Fsp3) is 0.227. The van der Waals surface area contributed by atoms with Crippen molar-refractivity contribution in [3.8, 4) is 22.7 Å². The predicted molar refractivity (Wildman–Crippen MR) is 113 cm³/mol. The summed E-state index contributed by atoms with van der Waals surface area (Å²) < 4.78 is 11.4. The monoisotopic (exact) mass is 419 g/mol. The van der Waals surface area contributed by atoms with E-state index in [-0.39, 0.29) is 17.6 Å². The van der Waals surface area contributed by atoms with Crippen LogP contribution in [0.2, 0.25) is 0 Å². The molecule has 158 valence electrons. The zero-order valence-electron chi connectivity index (χ0n) is 17.1. The Morgan fingerprint density at radius 3 is 2.61 bits per heavy atom. The van der Waals surface area contributed by atoms with Crippen LogP contribution in [-0.4, -0.2) is 20.0 Å².